The van der Waals surface area contributed by atoms with Gasteiger partial charge >= 0.3 is 5.97 Å². The number of hydrogen-bond acceptors (Lipinski definition) is 2. The van der Waals surface area contributed by atoms with Crippen molar-refractivity contribution >= 4 is 17.6 Å². The van der Waals surface area contributed by atoms with Gasteiger partial charge in [0.2, 0.25) is 0 Å². The molecule has 1 aliphatic carbocycles. The van der Waals surface area contributed by atoms with Crippen LogP contribution in [-0.4, -0.2) is 11.1 Å². The third-order valence-electron chi connectivity index (χ3n) is 2.49. The van der Waals surface area contributed by atoms with Crippen LogP contribution in [0.2, 0.25) is 5.22 Å². The van der Waals surface area contributed by atoms with E-state index < -0.39 is 11.9 Å². The van der Waals surface area contributed by atoms with Crippen LogP contribution in [0.5, 0.6) is 0 Å². The van der Waals surface area contributed by atoms with Crippen LogP contribution < -0.4 is 0 Å². The number of aliphatic carboxylic acids is 1. The lowest BCUT2D eigenvalue weighted by Gasteiger charge is -2.08. The van der Waals surface area contributed by atoms with Gasteiger partial charge in [-0.2, -0.15) is 0 Å². The predicted octanol–water partition coefficient (Wildman–Crippen LogP) is 2.29. The highest BCUT2D eigenvalue weighted by molar-refractivity contribution is 6.29. The monoisotopic (exact) mass is 200 g/mol. The molecule has 0 amide bonds. The molecule has 2 rings (SSSR count). The normalized spacial score (nSPS) is 26.0. The van der Waals surface area contributed by atoms with Gasteiger partial charge in [-0.05, 0) is 17.5 Å². The van der Waals surface area contributed by atoms with E-state index in [1.54, 1.807) is 6.07 Å². The maximum absolute atomic E-state index is 10.9. The van der Waals surface area contributed by atoms with Crippen LogP contribution in [0.4, 0.5) is 0 Å². The SMILES string of the molecule is CC1Cc2oc(Cl)cc2C1C(=O)O. The summed E-state index contributed by atoms with van der Waals surface area (Å²) in [6, 6.07) is 1.61. The van der Waals surface area contributed by atoms with Crippen LogP contribution in [-0.2, 0) is 11.2 Å². The molecule has 1 aromatic rings. The number of carboxylic acid groups (broad SMARTS) is 1. The van der Waals surface area contributed by atoms with Gasteiger partial charge in [0.05, 0.1) is 5.92 Å². The Labute approximate surface area is 80.3 Å². The molecule has 0 fully saturated rings. The molecule has 0 radical (unpaired) electrons. The lowest BCUT2D eigenvalue weighted by atomic mass is 9.95. The standard InChI is InChI=1S/C9H9ClO3/c1-4-2-6-5(3-7(10)13-6)8(4)9(11)12/h3-4,8H,2H2,1H3,(H,11,12). The van der Waals surface area contributed by atoms with Gasteiger partial charge in [0, 0.05) is 18.1 Å². The Kier molecular flexibility index (Phi) is 1.84. The second-order valence-corrected chi connectivity index (χ2v) is 3.80. The van der Waals surface area contributed by atoms with Crippen molar-refractivity contribution in [2.45, 2.75) is 19.3 Å². The maximum Gasteiger partial charge on any atom is 0.311 e. The first-order chi connectivity index (χ1) is 6.09. The van der Waals surface area contributed by atoms with Gasteiger partial charge in [0.15, 0.2) is 5.22 Å². The quantitative estimate of drug-likeness (QED) is 0.757. The zero-order chi connectivity index (χ0) is 9.59. The molecule has 0 bridgehead atoms. The molecule has 4 heteroatoms. The smallest absolute Gasteiger partial charge is 0.311 e. The summed E-state index contributed by atoms with van der Waals surface area (Å²) in [5, 5.41) is 9.24. The van der Waals surface area contributed by atoms with Crippen LogP contribution in [0, 0.1) is 5.92 Å². The minimum absolute atomic E-state index is 0.100. The Morgan fingerprint density at radius 1 is 1.77 bits per heavy atom. The summed E-state index contributed by atoms with van der Waals surface area (Å²) in [5.74, 6) is -0.427. The van der Waals surface area contributed by atoms with E-state index in [2.05, 4.69) is 0 Å². The summed E-state index contributed by atoms with van der Waals surface area (Å²) >= 11 is 5.64. The average Bonchev–Trinajstić information content (AvgIpc) is 2.41. The molecule has 1 aromatic heterocycles. The second-order valence-electron chi connectivity index (χ2n) is 3.43. The van der Waals surface area contributed by atoms with Gasteiger partial charge in [0.25, 0.3) is 0 Å². The average molecular weight is 201 g/mol. The zero-order valence-electron chi connectivity index (χ0n) is 7.08. The summed E-state index contributed by atoms with van der Waals surface area (Å²) in [4.78, 5) is 10.9. The van der Waals surface area contributed by atoms with E-state index in [9.17, 15) is 4.79 Å². The van der Waals surface area contributed by atoms with Gasteiger partial charge in [-0.1, -0.05) is 6.92 Å². The molecule has 70 valence electrons. The molecular formula is C9H9ClO3. The highest BCUT2D eigenvalue weighted by Crippen LogP contribution is 2.40. The van der Waals surface area contributed by atoms with Crippen molar-refractivity contribution in [1.82, 2.24) is 0 Å². The number of hydrogen-bond donors (Lipinski definition) is 1. The van der Waals surface area contributed by atoms with Crippen LogP contribution in [0.1, 0.15) is 24.2 Å². The van der Waals surface area contributed by atoms with E-state index in [1.807, 2.05) is 6.92 Å². The topological polar surface area (TPSA) is 50.4 Å². The zero-order valence-corrected chi connectivity index (χ0v) is 7.84. The van der Waals surface area contributed by atoms with Crippen molar-refractivity contribution in [2.75, 3.05) is 0 Å². The fourth-order valence-corrected chi connectivity index (χ4v) is 2.14. The Morgan fingerprint density at radius 2 is 2.46 bits per heavy atom. The summed E-state index contributed by atoms with van der Waals surface area (Å²) < 4.78 is 5.18. The highest BCUT2D eigenvalue weighted by Gasteiger charge is 2.37. The molecule has 0 spiro atoms. The van der Waals surface area contributed by atoms with E-state index in [-0.39, 0.29) is 11.1 Å². The van der Waals surface area contributed by atoms with E-state index >= 15 is 0 Å². The Bertz CT molecular complexity index is 356. The Balaban J connectivity index is 2.44. The fourth-order valence-electron chi connectivity index (χ4n) is 1.92. The lowest BCUT2D eigenvalue weighted by Crippen LogP contribution is -2.14. The molecule has 1 heterocycles. The number of carboxylic acids is 1. The van der Waals surface area contributed by atoms with Crippen molar-refractivity contribution in [3.63, 3.8) is 0 Å². The third-order valence-corrected chi connectivity index (χ3v) is 2.68. The van der Waals surface area contributed by atoms with Crippen LogP contribution in [0.3, 0.4) is 0 Å². The van der Waals surface area contributed by atoms with Gasteiger partial charge in [-0.25, -0.2) is 0 Å². The van der Waals surface area contributed by atoms with Gasteiger partial charge in [0.1, 0.15) is 5.76 Å². The van der Waals surface area contributed by atoms with Crippen molar-refractivity contribution in [3.8, 4) is 0 Å². The fraction of sp³-hybridized carbons (Fsp3) is 0.444. The van der Waals surface area contributed by atoms with E-state index in [4.69, 9.17) is 21.1 Å². The number of halogens is 1. The predicted molar refractivity (Wildman–Crippen MR) is 47.0 cm³/mol. The molecule has 3 nitrogen and oxygen atoms in total. The summed E-state index contributed by atoms with van der Waals surface area (Å²) in [5.41, 5.74) is 0.741. The van der Waals surface area contributed by atoms with Crippen molar-refractivity contribution in [1.29, 1.82) is 0 Å². The molecule has 1 N–H and O–H groups in total. The molecule has 13 heavy (non-hydrogen) atoms. The van der Waals surface area contributed by atoms with Gasteiger partial charge < -0.3 is 9.52 Å². The van der Waals surface area contributed by atoms with Gasteiger partial charge in [-0.3, -0.25) is 4.79 Å². The molecule has 2 unspecified atom stereocenters. The molecule has 0 saturated heterocycles. The van der Waals surface area contributed by atoms with Crippen molar-refractivity contribution < 1.29 is 14.3 Å². The van der Waals surface area contributed by atoms with Crippen LogP contribution in [0.25, 0.3) is 0 Å². The van der Waals surface area contributed by atoms with Crippen molar-refractivity contribution in [2.24, 2.45) is 5.92 Å². The van der Waals surface area contributed by atoms with Crippen LogP contribution >= 0.6 is 11.6 Å². The molecule has 0 aromatic carbocycles. The van der Waals surface area contributed by atoms with Gasteiger partial charge in [-0.15, -0.1) is 0 Å². The summed E-state index contributed by atoms with van der Waals surface area (Å²) in [6.07, 6.45) is 0.666. The minimum Gasteiger partial charge on any atom is -0.481 e. The number of furan rings is 1. The molecule has 0 aliphatic heterocycles. The second kappa shape index (κ2) is 2.77. The Hall–Kier alpha value is -0.960. The maximum atomic E-state index is 10.9. The van der Waals surface area contributed by atoms with Crippen LogP contribution in [0.15, 0.2) is 10.5 Å². The summed E-state index contributed by atoms with van der Waals surface area (Å²) in [6.45, 7) is 1.90. The van der Waals surface area contributed by atoms with E-state index in [0.29, 0.717) is 6.42 Å². The molecule has 2 atom stereocenters. The first-order valence-corrected chi connectivity index (χ1v) is 4.48. The molecular weight excluding hydrogens is 192 g/mol. The number of rotatable bonds is 1. The highest BCUT2D eigenvalue weighted by atomic mass is 35.5. The first kappa shape index (κ1) is 8.63. The van der Waals surface area contributed by atoms with E-state index in [0.717, 1.165) is 11.3 Å². The third kappa shape index (κ3) is 1.23. The largest absolute Gasteiger partial charge is 0.481 e. The number of carbonyl (C=O) groups is 1. The lowest BCUT2D eigenvalue weighted by molar-refractivity contribution is -0.139. The Morgan fingerprint density at radius 3 is 3.08 bits per heavy atom. The number of fused-ring (bicyclic) bond motifs is 1. The first-order valence-electron chi connectivity index (χ1n) is 4.10. The van der Waals surface area contributed by atoms with Crippen molar-refractivity contribution in [3.05, 3.63) is 22.6 Å². The molecule has 1 aliphatic rings. The van der Waals surface area contributed by atoms with E-state index in [1.165, 1.54) is 0 Å². The summed E-state index contributed by atoms with van der Waals surface area (Å²) in [7, 11) is 0. The molecule has 0 saturated carbocycles. The minimum atomic E-state index is -0.802.